The van der Waals surface area contributed by atoms with E-state index in [1.165, 1.54) is 18.2 Å². The summed E-state index contributed by atoms with van der Waals surface area (Å²) < 4.78 is 0. The van der Waals surface area contributed by atoms with E-state index in [1.54, 1.807) is 0 Å². The number of aromatic nitrogens is 1. The van der Waals surface area contributed by atoms with Crippen LogP contribution in [-0.4, -0.2) is 27.1 Å². The zero-order valence-corrected chi connectivity index (χ0v) is 6.60. The van der Waals surface area contributed by atoms with Crippen molar-refractivity contribution in [3.8, 4) is 0 Å². The van der Waals surface area contributed by atoms with E-state index in [0.29, 0.717) is 0 Å². The first-order valence-corrected chi connectivity index (χ1v) is 3.05. The van der Waals surface area contributed by atoms with Crippen molar-refractivity contribution in [2.45, 2.75) is 0 Å². The Morgan fingerprint density at radius 1 is 1.08 bits per heavy atom. The first-order valence-electron chi connectivity index (χ1n) is 3.05. The molecule has 0 aromatic carbocycles. The molecule has 5 N–H and O–H groups in total. The first-order chi connectivity index (χ1) is 5.61. The van der Waals surface area contributed by atoms with Crippen molar-refractivity contribution < 1.29 is 19.8 Å². The molecule has 0 unspecified atom stereocenters. The topological polar surface area (TPSA) is 122 Å². The fourth-order valence-electron chi connectivity index (χ4n) is 0.673. The van der Waals surface area contributed by atoms with E-state index in [4.69, 9.17) is 10.2 Å². The third kappa shape index (κ3) is 2.53. The normalized spacial score (nSPS) is 8.62. The van der Waals surface area contributed by atoms with Gasteiger partial charge in [-0.15, -0.1) is 0 Å². The van der Waals surface area contributed by atoms with Crippen LogP contribution >= 0.6 is 0 Å². The minimum absolute atomic E-state index is 0. The number of carboxylic acid groups (broad SMARTS) is 2. The number of pyridine rings is 1. The molecule has 1 aromatic heterocycles. The van der Waals surface area contributed by atoms with Crippen LogP contribution in [0, 0.1) is 0 Å². The molecule has 0 radical (unpaired) electrons. The lowest BCUT2D eigenvalue weighted by atomic mass is 10.3. The molecule has 0 aliphatic heterocycles. The molecular formula is C7H8N2O4. The van der Waals surface area contributed by atoms with Gasteiger partial charge in [0.25, 0.3) is 0 Å². The zero-order chi connectivity index (χ0) is 9.14. The number of hydrogen-bond donors (Lipinski definition) is 3. The summed E-state index contributed by atoms with van der Waals surface area (Å²) in [6, 6.07) is 3.80. The lowest BCUT2D eigenvalue weighted by Crippen LogP contribution is -2.06. The van der Waals surface area contributed by atoms with Crippen LogP contribution in [-0.2, 0) is 0 Å². The molecular weight excluding hydrogens is 176 g/mol. The average Bonchev–Trinajstić information content (AvgIpc) is 2.04. The van der Waals surface area contributed by atoms with Gasteiger partial charge in [-0.2, -0.15) is 0 Å². The fourth-order valence-corrected chi connectivity index (χ4v) is 0.673. The Morgan fingerprint density at radius 2 is 1.46 bits per heavy atom. The highest BCUT2D eigenvalue weighted by Crippen LogP contribution is 1.98. The molecule has 0 amide bonds. The predicted octanol–water partition coefficient (Wildman–Crippen LogP) is 0.640. The molecule has 0 fully saturated rings. The van der Waals surface area contributed by atoms with Crippen LogP contribution in [0.1, 0.15) is 21.0 Å². The van der Waals surface area contributed by atoms with Gasteiger partial charge in [0, 0.05) is 0 Å². The van der Waals surface area contributed by atoms with Crippen molar-refractivity contribution in [1.29, 1.82) is 0 Å². The van der Waals surface area contributed by atoms with E-state index in [9.17, 15) is 9.59 Å². The number of carbonyl (C=O) groups is 2. The number of hydrogen-bond acceptors (Lipinski definition) is 4. The Morgan fingerprint density at radius 3 is 1.77 bits per heavy atom. The van der Waals surface area contributed by atoms with Crippen molar-refractivity contribution in [2.75, 3.05) is 0 Å². The summed E-state index contributed by atoms with van der Waals surface area (Å²) in [6.07, 6.45) is 0. The summed E-state index contributed by atoms with van der Waals surface area (Å²) in [7, 11) is 0. The van der Waals surface area contributed by atoms with Gasteiger partial charge < -0.3 is 16.4 Å². The van der Waals surface area contributed by atoms with Crippen LogP contribution in [0.5, 0.6) is 0 Å². The van der Waals surface area contributed by atoms with Crippen LogP contribution in [0.2, 0.25) is 0 Å². The zero-order valence-electron chi connectivity index (χ0n) is 6.60. The minimum Gasteiger partial charge on any atom is -0.477 e. The lowest BCUT2D eigenvalue weighted by molar-refractivity contribution is 0.0685. The van der Waals surface area contributed by atoms with Gasteiger partial charge >= 0.3 is 11.9 Å². The summed E-state index contributed by atoms with van der Waals surface area (Å²) in [6.45, 7) is 0. The molecule has 6 nitrogen and oxygen atoms in total. The molecule has 1 aromatic rings. The summed E-state index contributed by atoms with van der Waals surface area (Å²) in [4.78, 5) is 24.0. The van der Waals surface area contributed by atoms with E-state index in [0.717, 1.165) is 0 Å². The average molecular weight is 184 g/mol. The van der Waals surface area contributed by atoms with Crippen molar-refractivity contribution in [3.05, 3.63) is 29.6 Å². The van der Waals surface area contributed by atoms with Gasteiger partial charge in [0.2, 0.25) is 0 Å². The molecule has 0 saturated carbocycles. The van der Waals surface area contributed by atoms with E-state index in [2.05, 4.69) is 4.98 Å². The number of aromatic carboxylic acids is 2. The molecule has 70 valence electrons. The van der Waals surface area contributed by atoms with Crippen molar-refractivity contribution in [1.82, 2.24) is 11.1 Å². The molecule has 0 aliphatic rings. The van der Waals surface area contributed by atoms with Gasteiger partial charge in [0.05, 0.1) is 0 Å². The SMILES string of the molecule is N.O=C(O)c1cccc(C(=O)O)n1. The standard InChI is InChI=1S/C7H5NO4.H3N/c9-6(10)4-2-1-3-5(8-4)7(11)12;/h1-3H,(H,9,10)(H,11,12);1H3. The van der Waals surface area contributed by atoms with E-state index >= 15 is 0 Å². The van der Waals surface area contributed by atoms with Gasteiger partial charge in [-0.05, 0) is 12.1 Å². The van der Waals surface area contributed by atoms with Crippen molar-refractivity contribution in [3.63, 3.8) is 0 Å². The predicted molar refractivity (Wildman–Crippen MR) is 43.2 cm³/mol. The highest BCUT2D eigenvalue weighted by molar-refractivity contribution is 5.89. The van der Waals surface area contributed by atoms with Gasteiger partial charge in [0.1, 0.15) is 11.4 Å². The Balaban J connectivity index is 0.00000144. The number of carboxylic acids is 2. The summed E-state index contributed by atoms with van der Waals surface area (Å²) in [5.41, 5.74) is -0.537. The lowest BCUT2D eigenvalue weighted by Gasteiger charge is -1.94. The molecule has 6 heteroatoms. The Hall–Kier alpha value is -1.95. The second kappa shape index (κ2) is 4.17. The van der Waals surface area contributed by atoms with Crippen molar-refractivity contribution >= 4 is 11.9 Å². The molecule has 0 bridgehead atoms. The summed E-state index contributed by atoms with van der Waals surface area (Å²) in [5.74, 6) is -2.48. The highest BCUT2D eigenvalue weighted by Gasteiger charge is 2.08. The summed E-state index contributed by atoms with van der Waals surface area (Å²) >= 11 is 0. The molecule has 13 heavy (non-hydrogen) atoms. The maximum absolute atomic E-state index is 10.3. The fraction of sp³-hybridized carbons (Fsp3) is 0. The quantitative estimate of drug-likeness (QED) is 0.619. The van der Waals surface area contributed by atoms with Crippen LogP contribution in [0.25, 0.3) is 0 Å². The first kappa shape index (κ1) is 11.1. The maximum atomic E-state index is 10.3. The van der Waals surface area contributed by atoms with Crippen molar-refractivity contribution in [2.24, 2.45) is 0 Å². The molecule has 0 atom stereocenters. The molecule has 0 saturated heterocycles. The minimum atomic E-state index is -1.24. The molecule has 1 rings (SSSR count). The second-order valence-electron chi connectivity index (χ2n) is 2.02. The van der Waals surface area contributed by atoms with Crippen LogP contribution in [0.15, 0.2) is 18.2 Å². The van der Waals surface area contributed by atoms with Gasteiger partial charge in [-0.1, -0.05) is 6.07 Å². The van der Waals surface area contributed by atoms with Gasteiger partial charge in [-0.3, -0.25) is 0 Å². The largest absolute Gasteiger partial charge is 0.477 e. The number of rotatable bonds is 2. The third-order valence-electron chi connectivity index (χ3n) is 1.19. The van der Waals surface area contributed by atoms with E-state index in [1.807, 2.05) is 0 Å². The Bertz CT molecular complexity index is 308. The maximum Gasteiger partial charge on any atom is 0.354 e. The van der Waals surface area contributed by atoms with Crippen LogP contribution < -0.4 is 6.15 Å². The molecule has 1 heterocycles. The number of nitrogens with zero attached hydrogens (tertiary/aromatic N) is 1. The Kier molecular flexibility index (Phi) is 3.54. The van der Waals surface area contributed by atoms with Gasteiger partial charge in [-0.25, -0.2) is 14.6 Å². The third-order valence-corrected chi connectivity index (χ3v) is 1.19. The van der Waals surface area contributed by atoms with E-state index in [-0.39, 0.29) is 17.5 Å². The monoisotopic (exact) mass is 184 g/mol. The molecule has 0 spiro atoms. The summed E-state index contributed by atoms with van der Waals surface area (Å²) in [5, 5.41) is 16.9. The second-order valence-corrected chi connectivity index (χ2v) is 2.02. The van der Waals surface area contributed by atoms with Crippen LogP contribution in [0.4, 0.5) is 0 Å². The van der Waals surface area contributed by atoms with E-state index < -0.39 is 11.9 Å². The van der Waals surface area contributed by atoms with Gasteiger partial charge in [0.15, 0.2) is 0 Å². The molecule has 0 aliphatic carbocycles. The highest BCUT2D eigenvalue weighted by atomic mass is 16.4. The Labute approximate surface area is 73.4 Å². The smallest absolute Gasteiger partial charge is 0.354 e. The van der Waals surface area contributed by atoms with Crippen LogP contribution in [0.3, 0.4) is 0 Å².